The Balaban J connectivity index is 1.70. The smallest absolute Gasteiger partial charge is 0.251 e. The fraction of sp³-hybridized carbons (Fsp3) is 0.316. The summed E-state index contributed by atoms with van der Waals surface area (Å²) in [6, 6.07) is 11.9. The summed E-state index contributed by atoms with van der Waals surface area (Å²) in [4.78, 5) is 29.1. The molecule has 0 spiro atoms. The van der Waals surface area contributed by atoms with E-state index in [2.05, 4.69) is 38.7 Å². The minimum absolute atomic E-state index is 0.125. The standard InChI is InChI=1S/C19H22N4O2/c24-14-20-9-4-10-22-19(25)16-8-11-21-18(13-16)23-12-3-6-15-5-1-2-7-17(15)23/h1-2,5,7-8,11,13-14H,3-4,6,9-10,12H2,(H,20,24)(H,22,25). The Morgan fingerprint density at radius 1 is 1.24 bits per heavy atom. The van der Waals surface area contributed by atoms with Gasteiger partial charge in [-0.25, -0.2) is 4.98 Å². The van der Waals surface area contributed by atoms with Gasteiger partial charge in [-0.3, -0.25) is 9.59 Å². The van der Waals surface area contributed by atoms with Gasteiger partial charge >= 0.3 is 0 Å². The first-order valence-electron chi connectivity index (χ1n) is 8.56. The van der Waals surface area contributed by atoms with Gasteiger partial charge in [0.1, 0.15) is 5.82 Å². The second-order valence-corrected chi connectivity index (χ2v) is 5.97. The molecule has 6 nitrogen and oxygen atoms in total. The SMILES string of the molecule is O=CNCCCNC(=O)c1ccnc(N2CCCc3ccccc32)c1. The number of anilines is 2. The number of fused-ring (bicyclic) bond motifs is 1. The minimum atomic E-state index is -0.125. The molecule has 1 aliphatic heterocycles. The normalized spacial score (nSPS) is 13.0. The first kappa shape index (κ1) is 17.0. The van der Waals surface area contributed by atoms with Gasteiger partial charge in [-0.05, 0) is 43.0 Å². The van der Waals surface area contributed by atoms with Crippen LogP contribution in [0.1, 0.15) is 28.8 Å². The van der Waals surface area contributed by atoms with E-state index in [1.807, 2.05) is 12.1 Å². The summed E-state index contributed by atoms with van der Waals surface area (Å²) >= 11 is 0. The molecule has 2 amide bonds. The van der Waals surface area contributed by atoms with E-state index >= 15 is 0 Å². The van der Waals surface area contributed by atoms with Crippen molar-refractivity contribution in [3.63, 3.8) is 0 Å². The number of nitrogens with one attached hydrogen (secondary N) is 2. The maximum Gasteiger partial charge on any atom is 0.251 e. The largest absolute Gasteiger partial charge is 0.359 e. The zero-order chi connectivity index (χ0) is 17.5. The average molecular weight is 338 g/mol. The molecule has 3 rings (SSSR count). The first-order valence-corrected chi connectivity index (χ1v) is 8.56. The van der Waals surface area contributed by atoms with Crippen LogP contribution in [0.4, 0.5) is 11.5 Å². The van der Waals surface area contributed by atoms with E-state index in [0.717, 1.165) is 25.2 Å². The van der Waals surface area contributed by atoms with Crippen LogP contribution in [0.5, 0.6) is 0 Å². The van der Waals surface area contributed by atoms with E-state index in [9.17, 15) is 9.59 Å². The summed E-state index contributed by atoms with van der Waals surface area (Å²) in [6.45, 7) is 1.96. The number of carbonyl (C=O) groups excluding carboxylic acids is 2. The van der Waals surface area contributed by atoms with Crippen LogP contribution in [0.2, 0.25) is 0 Å². The van der Waals surface area contributed by atoms with Crippen LogP contribution in [0.15, 0.2) is 42.6 Å². The van der Waals surface area contributed by atoms with Crippen molar-refractivity contribution in [1.29, 1.82) is 0 Å². The van der Waals surface area contributed by atoms with Crippen LogP contribution in [-0.4, -0.2) is 36.9 Å². The van der Waals surface area contributed by atoms with E-state index in [1.54, 1.807) is 12.3 Å². The molecule has 1 aromatic heterocycles. The van der Waals surface area contributed by atoms with Crippen molar-refractivity contribution in [2.45, 2.75) is 19.3 Å². The van der Waals surface area contributed by atoms with Crippen molar-refractivity contribution >= 4 is 23.8 Å². The van der Waals surface area contributed by atoms with Crippen molar-refractivity contribution in [1.82, 2.24) is 15.6 Å². The molecule has 2 N–H and O–H groups in total. The molecular weight excluding hydrogens is 316 g/mol. The fourth-order valence-electron chi connectivity index (χ4n) is 3.03. The Bertz CT molecular complexity index is 748. The number of hydrogen-bond donors (Lipinski definition) is 2. The Morgan fingerprint density at radius 3 is 3.00 bits per heavy atom. The molecule has 0 aliphatic carbocycles. The van der Waals surface area contributed by atoms with Crippen LogP contribution < -0.4 is 15.5 Å². The third-order valence-corrected chi connectivity index (χ3v) is 4.26. The number of rotatable bonds is 7. The minimum Gasteiger partial charge on any atom is -0.359 e. The molecule has 6 heteroatoms. The molecule has 0 radical (unpaired) electrons. The predicted octanol–water partition coefficient (Wildman–Crippen LogP) is 2.03. The predicted molar refractivity (Wildman–Crippen MR) is 97.0 cm³/mol. The van der Waals surface area contributed by atoms with Gasteiger partial charge < -0.3 is 15.5 Å². The van der Waals surface area contributed by atoms with Crippen LogP contribution in [0.25, 0.3) is 0 Å². The third kappa shape index (κ3) is 4.15. The average Bonchev–Trinajstić information content (AvgIpc) is 2.67. The van der Waals surface area contributed by atoms with E-state index in [4.69, 9.17) is 0 Å². The van der Waals surface area contributed by atoms with Gasteiger partial charge in [0.2, 0.25) is 6.41 Å². The third-order valence-electron chi connectivity index (χ3n) is 4.26. The zero-order valence-electron chi connectivity index (χ0n) is 14.1. The van der Waals surface area contributed by atoms with Crippen LogP contribution >= 0.6 is 0 Å². The zero-order valence-corrected chi connectivity index (χ0v) is 14.1. The summed E-state index contributed by atoms with van der Waals surface area (Å²) in [5.74, 6) is 0.669. The number of benzene rings is 1. The quantitative estimate of drug-likeness (QED) is 0.598. The van der Waals surface area contributed by atoms with E-state index in [1.165, 1.54) is 11.3 Å². The molecular formula is C19H22N4O2. The van der Waals surface area contributed by atoms with Crippen LogP contribution in [-0.2, 0) is 11.2 Å². The Kier molecular flexibility index (Phi) is 5.61. The highest BCUT2D eigenvalue weighted by Gasteiger charge is 2.19. The maximum absolute atomic E-state index is 12.3. The topological polar surface area (TPSA) is 74.3 Å². The Hall–Kier alpha value is -2.89. The van der Waals surface area contributed by atoms with E-state index < -0.39 is 0 Å². The molecule has 0 atom stereocenters. The number of aromatic nitrogens is 1. The lowest BCUT2D eigenvalue weighted by Crippen LogP contribution is -2.28. The molecule has 25 heavy (non-hydrogen) atoms. The summed E-state index contributed by atoms with van der Waals surface area (Å²) in [5, 5.41) is 5.44. The first-order chi connectivity index (χ1) is 12.3. The van der Waals surface area contributed by atoms with Crippen molar-refractivity contribution in [2.75, 3.05) is 24.5 Å². The number of nitrogens with zero attached hydrogens (tertiary/aromatic N) is 2. The van der Waals surface area contributed by atoms with Gasteiger partial charge in [0.15, 0.2) is 0 Å². The monoisotopic (exact) mass is 338 g/mol. The number of hydrogen-bond acceptors (Lipinski definition) is 4. The Labute approximate surface area is 147 Å². The summed E-state index contributed by atoms with van der Waals surface area (Å²) in [7, 11) is 0. The van der Waals surface area contributed by atoms with Gasteiger partial charge in [0.25, 0.3) is 5.91 Å². The van der Waals surface area contributed by atoms with Gasteiger partial charge in [0.05, 0.1) is 0 Å². The van der Waals surface area contributed by atoms with Gasteiger partial charge in [-0.1, -0.05) is 18.2 Å². The van der Waals surface area contributed by atoms with E-state index in [0.29, 0.717) is 31.5 Å². The lowest BCUT2D eigenvalue weighted by Gasteiger charge is -2.30. The maximum atomic E-state index is 12.3. The van der Waals surface area contributed by atoms with E-state index in [-0.39, 0.29) is 5.91 Å². The Morgan fingerprint density at radius 2 is 2.12 bits per heavy atom. The number of para-hydroxylation sites is 1. The van der Waals surface area contributed by atoms with Gasteiger partial charge in [-0.2, -0.15) is 0 Å². The number of amides is 2. The van der Waals surface area contributed by atoms with Crippen molar-refractivity contribution in [3.8, 4) is 0 Å². The van der Waals surface area contributed by atoms with Crippen molar-refractivity contribution < 1.29 is 9.59 Å². The molecule has 1 aromatic carbocycles. The number of carbonyl (C=O) groups is 2. The molecule has 0 unspecified atom stereocenters. The van der Waals surface area contributed by atoms with Crippen molar-refractivity contribution in [2.24, 2.45) is 0 Å². The highest BCUT2D eigenvalue weighted by atomic mass is 16.1. The fourth-order valence-corrected chi connectivity index (χ4v) is 3.03. The molecule has 0 bridgehead atoms. The molecule has 2 aromatic rings. The van der Waals surface area contributed by atoms with Gasteiger partial charge in [-0.15, -0.1) is 0 Å². The van der Waals surface area contributed by atoms with Gasteiger partial charge in [0, 0.05) is 37.1 Å². The van der Waals surface area contributed by atoms with Crippen LogP contribution in [0.3, 0.4) is 0 Å². The molecule has 1 aliphatic rings. The lowest BCUT2D eigenvalue weighted by molar-refractivity contribution is -0.109. The molecule has 0 fully saturated rings. The van der Waals surface area contributed by atoms with Crippen molar-refractivity contribution in [3.05, 3.63) is 53.7 Å². The second-order valence-electron chi connectivity index (χ2n) is 5.97. The number of aryl methyl sites for hydroxylation is 1. The second kappa shape index (κ2) is 8.28. The number of pyridine rings is 1. The molecule has 2 heterocycles. The van der Waals surface area contributed by atoms with Crippen LogP contribution in [0, 0.1) is 0 Å². The summed E-state index contributed by atoms with van der Waals surface area (Å²) < 4.78 is 0. The lowest BCUT2D eigenvalue weighted by atomic mass is 10.0. The molecule has 0 saturated carbocycles. The highest BCUT2D eigenvalue weighted by Crippen LogP contribution is 2.32. The molecule has 0 saturated heterocycles. The highest BCUT2D eigenvalue weighted by molar-refractivity contribution is 5.95. The molecule has 130 valence electrons. The summed E-state index contributed by atoms with van der Waals surface area (Å²) in [6.07, 6.45) is 5.17. The summed E-state index contributed by atoms with van der Waals surface area (Å²) in [5.41, 5.74) is 3.07.